The van der Waals surface area contributed by atoms with Crippen LogP contribution in [-0.4, -0.2) is 17.0 Å². The number of rotatable bonds is 3. The Morgan fingerprint density at radius 1 is 1.46 bits per heavy atom. The SMILES string of the molecule is CCC(O)C(=O)c1ccccc1C. The average Bonchev–Trinajstić information content (AvgIpc) is 2.16. The van der Waals surface area contributed by atoms with Gasteiger partial charge in [0.05, 0.1) is 0 Å². The lowest BCUT2D eigenvalue weighted by Gasteiger charge is -2.08. The van der Waals surface area contributed by atoms with Crippen LogP contribution in [0.25, 0.3) is 0 Å². The lowest BCUT2D eigenvalue weighted by Crippen LogP contribution is -2.19. The summed E-state index contributed by atoms with van der Waals surface area (Å²) in [7, 11) is 0. The Hall–Kier alpha value is -1.15. The topological polar surface area (TPSA) is 37.3 Å². The molecule has 0 saturated heterocycles. The third kappa shape index (κ3) is 2.16. The first kappa shape index (κ1) is 9.93. The van der Waals surface area contributed by atoms with Crippen molar-refractivity contribution in [1.29, 1.82) is 0 Å². The van der Waals surface area contributed by atoms with Crippen LogP contribution in [0.2, 0.25) is 0 Å². The fourth-order valence-electron chi connectivity index (χ4n) is 1.21. The van der Waals surface area contributed by atoms with Crippen molar-refractivity contribution >= 4 is 5.78 Å². The third-order valence-electron chi connectivity index (χ3n) is 2.10. The summed E-state index contributed by atoms with van der Waals surface area (Å²) < 4.78 is 0. The van der Waals surface area contributed by atoms with Gasteiger partial charge in [-0.1, -0.05) is 31.2 Å². The zero-order valence-electron chi connectivity index (χ0n) is 7.95. The van der Waals surface area contributed by atoms with E-state index in [1.807, 2.05) is 25.1 Å². The molecule has 0 aliphatic rings. The van der Waals surface area contributed by atoms with Crippen LogP contribution in [0.15, 0.2) is 24.3 Å². The van der Waals surface area contributed by atoms with E-state index in [1.54, 1.807) is 13.0 Å². The first-order chi connectivity index (χ1) is 6.16. The third-order valence-corrected chi connectivity index (χ3v) is 2.10. The molecule has 0 aliphatic carbocycles. The number of aliphatic hydroxyl groups excluding tert-OH is 1. The molecule has 0 fully saturated rings. The van der Waals surface area contributed by atoms with E-state index < -0.39 is 6.10 Å². The Bertz CT molecular complexity index is 305. The molecule has 0 radical (unpaired) electrons. The predicted molar refractivity (Wildman–Crippen MR) is 51.8 cm³/mol. The zero-order valence-corrected chi connectivity index (χ0v) is 7.95. The van der Waals surface area contributed by atoms with E-state index in [1.165, 1.54) is 0 Å². The van der Waals surface area contributed by atoms with Crippen LogP contribution in [0.5, 0.6) is 0 Å². The molecule has 0 heterocycles. The minimum absolute atomic E-state index is 0.180. The highest BCUT2D eigenvalue weighted by Gasteiger charge is 2.15. The number of Topliss-reactive ketones (excluding diaryl/α,β-unsaturated/α-hetero) is 1. The van der Waals surface area contributed by atoms with Crippen LogP contribution in [0, 0.1) is 6.92 Å². The van der Waals surface area contributed by atoms with Crippen molar-refractivity contribution in [2.24, 2.45) is 0 Å². The molecule has 1 N–H and O–H groups in total. The lowest BCUT2D eigenvalue weighted by molar-refractivity contribution is 0.0740. The second kappa shape index (κ2) is 4.19. The summed E-state index contributed by atoms with van der Waals surface area (Å²) in [4.78, 5) is 11.5. The molecule has 13 heavy (non-hydrogen) atoms. The van der Waals surface area contributed by atoms with Gasteiger partial charge in [-0.3, -0.25) is 4.79 Å². The number of aryl methyl sites for hydroxylation is 1. The fraction of sp³-hybridized carbons (Fsp3) is 0.364. The number of hydrogen-bond acceptors (Lipinski definition) is 2. The van der Waals surface area contributed by atoms with Crippen molar-refractivity contribution in [3.05, 3.63) is 35.4 Å². The Morgan fingerprint density at radius 2 is 2.08 bits per heavy atom. The molecule has 1 aromatic carbocycles. The quantitative estimate of drug-likeness (QED) is 0.718. The van der Waals surface area contributed by atoms with Gasteiger partial charge in [-0.2, -0.15) is 0 Å². The van der Waals surface area contributed by atoms with Gasteiger partial charge in [-0.15, -0.1) is 0 Å². The van der Waals surface area contributed by atoms with Crippen LogP contribution in [-0.2, 0) is 0 Å². The van der Waals surface area contributed by atoms with Gasteiger partial charge in [0.15, 0.2) is 5.78 Å². The molecule has 1 rings (SSSR count). The van der Waals surface area contributed by atoms with Crippen molar-refractivity contribution in [3.63, 3.8) is 0 Å². The average molecular weight is 178 g/mol. The minimum atomic E-state index is -0.860. The largest absolute Gasteiger partial charge is 0.385 e. The van der Waals surface area contributed by atoms with Gasteiger partial charge in [0.2, 0.25) is 0 Å². The normalized spacial score (nSPS) is 12.5. The van der Waals surface area contributed by atoms with E-state index in [0.29, 0.717) is 12.0 Å². The number of hydrogen-bond donors (Lipinski definition) is 1. The van der Waals surface area contributed by atoms with Crippen molar-refractivity contribution < 1.29 is 9.90 Å². The van der Waals surface area contributed by atoms with Crippen molar-refractivity contribution in [3.8, 4) is 0 Å². The molecular weight excluding hydrogens is 164 g/mol. The summed E-state index contributed by atoms with van der Waals surface area (Å²) in [6.07, 6.45) is -0.395. The number of benzene rings is 1. The summed E-state index contributed by atoms with van der Waals surface area (Å²) in [6, 6.07) is 7.30. The van der Waals surface area contributed by atoms with Crippen LogP contribution in [0.4, 0.5) is 0 Å². The van der Waals surface area contributed by atoms with E-state index >= 15 is 0 Å². The molecule has 2 heteroatoms. The predicted octanol–water partition coefficient (Wildman–Crippen LogP) is 1.95. The smallest absolute Gasteiger partial charge is 0.191 e. The molecule has 0 aromatic heterocycles. The molecule has 0 amide bonds. The van der Waals surface area contributed by atoms with E-state index in [4.69, 9.17) is 0 Å². The molecular formula is C11H14O2. The van der Waals surface area contributed by atoms with Gasteiger partial charge in [-0.25, -0.2) is 0 Å². The van der Waals surface area contributed by atoms with Gasteiger partial charge in [-0.05, 0) is 18.9 Å². The summed E-state index contributed by atoms with van der Waals surface area (Å²) in [6.45, 7) is 3.66. The molecule has 0 spiro atoms. The second-order valence-electron chi connectivity index (χ2n) is 3.10. The number of ketones is 1. The van der Waals surface area contributed by atoms with Crippen LogP contribution < -0.4 is 0 Å². The first-order valence-corrected chi connectivity index (χ1v) is 4.44. The standard InChI is InChI=1S/C11H14O2/c1-3-10(12)11(13)9-7-5-4-6-8(9)2/h4-7,10,12H,3H2,1-2H3. The van der Waals surface area contributed by atoms with E-state index in [-0.39, 0.29) is 5.78 Å². The van der Waals surface area contributed by atoms with Crippen molar-refractivity contribution in [1.82, 2.24) is 0 Å². The number of carbonyl (C=O) groups is 1. The minimum Gasteiger partial charge on any atom is -0.385 e. The molecule has 0 saturated carbocycles. The second-order valence-corrected chi connectivity index (χ2v) is 3.10. The Balaban J connectivity index is 2.95. The maximum Gasteiger partial charge on any atom is 0.191 e. The van der Waals surface area contributed by atoms with E-state index in [0.717, 1.165) is 5.56 Å². The zero-order chi connectivity index (χ0) is 9.84. The summed E-state index contributed by atoms with van der Waals surface area (Å²) in [5.74, 6) is -0.180. The van der Waals surface area contributed by atoms with Crippen LogP contribution >= 0.6 is 0 Å². The van der Waals surface area contributed by atoms with Gasteiger partial charge in [0, 0.05) is 5.56 Å². The van der Waals surface area contributed by atoms with Gasteiger partial charge in [0.1, 0.15) is 6.10 Å². The highest BCUT2D eigenvalue weighted by molar-refractivity contribution is 6.00. The Labute approximate surface area is 78.2 Å². The molecule has 0 aliphatic heterocycles. The summed E-state index contributed by atoms with van der Waals surface area (Å²) >= 11 is 0. The van der Waals surface area contributed by atoms with Gasteiger partial charge >= 0.3 is 0 Å². The number of carbonyl (C=O) groups excluding carboxylic acids is 1. The number of aliphatic hydroxyl groups is 1. The van der Waals surface area contributed by atoms with Crippen LogP contribution in [0.3, 0.4) is 0 Å². The molecule has 0 bridgehead atoms. The maximum atomic E-state index is 11.5. The van der Waals surface area contributed by atoms with Gasteiger partial charge < -0.3 is 5.11 Å². The molecule has 2 nitrogen and oxygen atoms in total. The monoisotopic (exact) mass is 178 g/mol. The lowest BCUT2D eigenvalue weighted by atomic mass is 10.0. The maximum absolute atomic E-state index is 11.5. The molecule has 1 unspecified atom stereocenters. The molecule has 70 valence electrons. The van der Waals surface area contributed by atoms with Crippen molar-refractivity contribution in [2.45, 2.75) is 26.4 Å². The summed E-state index contributed by atoms with van der Waals surface area (Å²) in [5, 5.41) is 9.35. The first-order valence-electron chi connectivity index (χ1n) is 4.44. The Kier molecular flexibility index (Phi) is 3.20. The van der Waals surface area contributed by atoms with Crippen LogP contribution in [0.1, 0.15) is 29.3 Å². The highest BCUT2D eigenvalue weighted by atomic mass is 16.3. The fourth-order valence-corrected chi connectivity index (χ4v) is 1.21. The van der Waals surface area contributed by atoms with Crippen molar-refractivity contribution in [2.75, 3.05) is 0 Å². The van der Waals surface area contributed by atoms with E-state index in [2.05, 4.69) is 0 Å². The van der Waals surface area contributed by atoms with E-state index in [9.17, 15) is 9.90 Å². The summed E-state index contributed by atoms with van der Waals surface area (Å²) in [5.41, 5.74) is 1.54. The molecule has 1 aromatic rings. The van der Waals surface area contributed by atoms with Gasteiger partial charge in [0.25, 0.3) is 0 Å². The molecule has 1 atom stereocenters. The Morgan fingerprint density at radius 3 is 2.62 bits per heavy atom. The highest BCUT2D eigenvalue weighted by Crippen LogP contribution is 2.11.